The van der Waals surface area contributed by atoms with Gasteiger partial charge in [-0.25, -0.2) is 14.4 Å². The normalized spacial score (nSPS) is 16.3. The molecule has 1 N–H and O–H groups in total. The molecule has 1 aromatic carbocycles. The summed E-state index contributed by atoms with van der Waals surface area (Å²) in [5.41, 5.74) is 1.99. The highest BCUT2D eigenvalue weighted by molar-refractivity contribution is 7.18. The van der Waals surface area contributed by atoms with Gasteiger partial charge in [-0.15, -0.1) is 12.4 Å². The second kappa shape index (κ2) is 10.7. The minimum absolute atomic E-state index is 0. The molecule has 1 unspecified atom stereocenters. The third-order valence-electron chi connectivity index (χ3n) is 5.47. The van der Waals surface area contributed by atoms with E-state index in [0.29, 0.717) is 5.92 Å². The van der Waals surface area contributed by atoms with Crippen LogP contribution in [-0.4, -0.2) is 33.9 Å². The number of anilines is 2. The number of hydrogen-bond donors (Lipinski definition) is 1. The number of rotatable bonds is 5. The van der Waals surface area contributed by atoms with Crippen molar-refractivity contribution in [1.82, 2.24) is 14.9 Å². The van der Waals surface area contributed by atoms with Crippen molar-refractivity contribution in [1.29, 1.82) is 0 Å². The van der Waals surface area contributed by atoms with Crippen molar-refractivity contribution in [3.63, 3.8) is 0 Å². The standard InChI is InChI=1S/C23H25FN4OS.ClH/c1-16(29)28-12-3-4-17(11-13-28)14-20-5-2-6-22(26-20)27-23-25-15-21(30-23)18-7-9-19(24)10-8-18;/h2,5-10,15,17H,3-4,11-14H2,1H3,(H,25,26,27);1H. The summed E-state index contributed by atoms with van der Waals surface area (Å²) < 4.78 is 13.1. The van der Waals surface area contributed by atoms with Crippen molar-refractivity contribution in [2.24, 2.45) is 5.92 Å². The lowest BCUT2D eigenvalue weighted by Crippen LogP contribution is -2.29. The zero-order valence-electron chi connectivity index (χ0n) is 17.4. The van der Waals surface area contributed by atoms with Gasteiger partial charge in [0.25, 0.3) is 0 Å². The third kappa shape index (κ3) is 6.24. The Bertz CT molecular complexity index is 1010. The molecule has 31 heavy (non-hydrogen) atoms. The monoisotopic (exact) mass is 460 g/mol. The minimum Gasteiger partial charge on any atom is -0.343 e. The first-order valence-corrected chi connectivity index (χ1v) is 11.1. The summed E-state index contributed by atoms with van der Waals surface area (Å²) in [7, 11) is 0. The Balaban J connectivity index is 0.00000272. The largest absolute Gasteiger partial charge is 0.343 e. The molecule has 0 bridgehead atoms. The van der Waals surface area contributed by atoms with Crippen LogP contribution in [0.2, 0.25) is 0 Å². The van der Waals surface area contributed by atoms with E-state index in [1.54, 1.807) is 25.3 Å². The highest BCUT2D eigenvalue weighted by atomic mass is 35.5. The lowest BCUT2D eigenvalue weighted by Gasteiger charge is -2.18. The van der Waals surface area contributed by atoms with Crippen LogP contribution in [0.25, 0.3) is 10.4 Å². The van der Waals surface area contributed by atoms with E-state index in [1.807, 2.05) is 17.0 Å². The number of aromatic nitrogens is 2. The van der Waals surface area contributed by atoms with Gasteiger partial charge in [-0.05, 0) is 61.4 Å². The van der Waals surface area contributed by atoms with Crippen molar-refractivity contribution in [2.45, 2.75) is 32.6 Å². The highest BCUT2D eigenvalue weighted by Gasteiger charge is 2.19. The first-order valence-electron chi connectivity index (χ1n) is 10.3. The summed E-state index contributed by atoms with van der Waals surface area (Å²) in [5.74, 6) is 1.24. The number of likely N-dealkylation sites (tertiary alicyclic amines) is 1. The van der Waals surface area contributed by atoms with Crippen LogP contribution < -0.4 is 5.32 Å². The predicted molar refractivity (Wildman–Crippen MR) is 126 cm³/mol. The lowest BCUT2D eigenvalue weighted by atomic mass is 9.95. The van der Waals surface area contributed by atoms with Gasteiger partial charge < -0.3 is 10.2 Å². The number of amides is 1. The number of benzene rings is 1. The molecule has 1 aliphatic rings. The fourth-order valence-corrected chi connectivity index (χ4v) is 4.66. The second-order valence-electron chi connectivity index (χ2n) is 7.68. The molecule has 1 aliphatic heterocycles. The molecule has 1 fully saturated rings. The fraction of sp³-hybridized carbons (Fsp3) is 0.348. The highest BCUT2D eigenvalue weighted by Crippen LogP contribution is 2.30. The molecule has 0 aliphatic carbocycles. The van der Waals surface area contributed by atoms with Crippen molar-refractivity contribution in [3.05, 3.63) is 60.2 Å². The molecule has 5 nitrogen and oxygen atoms in total. The van der Waals surface area contributed by atoms with E-state index in [9.17, 15) is 9.18 Å². The van der Waals surface area contributed by atoms with E-state index in [-0.39, 0.29) is 24.1 Å². The Labute approximate surface area is 192 Å². The molecule has 0 saturated carbocycles. The Morgan fingerprint density at radius 2 is 2.00 bits per heavy atom. The number of nitrogens with zero attached hydrogens (tertiary/aromatic N) is 3. The molecule has 1 amide bonds. The Morgan fingerprint density at radius 3 is 2.77 bits per heavy atom. The van der Waals surface area contributed by atoms with Crippen LogP contribution in [0.4, 0.5) is 15.3 Å². The van der Waals surface area contributed by atoms with Gasteiger partial charge in [-0.2, -0.15) is 0 Å². The molecular weight excluding hydrogens is 435 g/mol. The smallest absolute Gasteiger partial charge is 0.219 e. The average molecular weight is 461 g/mol. The Hall–Kier alpha value is -2.51. The van der Waals surface area contributed by atoms with Gasteiger partial charge in [-0.1, -0.05) is 29.5 Å². The predicted octanol–water partition coefficient (Wildman–Crippen LogP) is 5.70. The molecule has 8 heteroatoms. The molecule has 0 radical (unpaired) electrons. The quantitative estimate of drug-likeness (QED) is 0.530. The maximum Gasteiger partial charge on any atom is 0.219 e. The van der Waals surface area contributed by atoms with Gasteiger partial charge in [-0.3, -0.25) is 4.79 Å². The molecule has 4 rings (SSSR count). The number of nitrogens with one attached hydrogen (secondary N) is 1. The van der Waals surface area contributed by atoms with Gasteiger partial charge >= 0.3 is 0 Å². The zero-order chi connectivity index (χ0) is 20.9. The van der Waals surface area contributed by atoms with Gasteiger partial charge in [0.2, 0.25) is 5.91 Å². The fourth-order valence-electron chi connectivity index (χ4n) is 3.83. The molecule has 0 spiro atoms. The SMILES string of the molecule is CC(=O)N1CCCC(Cc2cccc(Nc3ncc(-c4ccc(F)cc4)s3)n2)CC1.Cl. The Morgan fingerprint density at radius 1 is 1.19 bits per heavy atom. The molecule has 1 saturated heterocycles. The number of thiazole rings is 1. The van der Waals surface area contributed by atoms with Crippen LogP contribution >= 0.6 is 23.7 Å². The number of carbonyl (C=O) groups is 1. The van der Waals surface area contributed by atoms with Crippen LogP contribution in [0.5, 0.6) is 0 Å². The number of pyridine rings is 1. The number of carbonyl (C=O) groups excluding carboxylic acids is 1. The first kappa shape index (κ1) is 23.2. The molecule has 3 heterocycles. The maximum absolute atomic E-state index is 13.1. The van der Waals surface area contributed by atoms with E-state index in [1.165, 1.54) is 23.5 Å². The topological polar surface area (TPSA) is 58.1 Å². The van der Waals surface area contributed by atoms with E-state index in [0.717, 1.165) is 65.9 Å². The summed E-state index contributed by atoms with van der Waals surface area (Å²) >= 11 is 1.51. The lowest BCUT2D eigenvalue weighted by molar-refractivity contribution is -0.128. The van der Waals surface area contributed by atoms with Gasteiger partial charge in [0.05, 0.1) is 4.88 Å². The molecular formula is C23H26ClFN4OS. The van der Waals surface area contributed by atoms with Gasteiger partial charge in [0.15, 0.2) is 5.13 Å². The number of halogens is 2. The average Bonchev–Trinajstić information content (AvgIpc) is 3.06. The van der Waals surface area contributed by atoms with Crippen molar-refractivity contribution < 1.29 is 9.18 Å². The Kier molecular flexibility index (Phi) is 7.98. The number of hydrogen-bond acceptors (Lipinski definition) is 5. The molecule has 1 atom stereocenters. The summed E-state index contributed by atoms with van der Waals surface area (Å²) in [5, 5.41) is 4.04. The van der Waals surface area contributed by atoms with Crippen molar-refractivity contribution >= 4 is 40.6 Å². The minimum atomic E-state index is -0.245. The van der Waals surface area contributed by atoms with Crippen LogP contribution in [-0.2, 0) is 11.2 Å². The van der Waals surface area contributed by atoms with Crippen LogP contribution in [0.3, 0.4) is 0 Å². The molecule has 164 valence electrons. The van der Waals surface area contributed by atoms with E-state index < -0.39 is 0 Å². The summed E-state index contributed by atoms with van der Waals surface area (Å²) in [4.78, 5) is 23.7. The zero-order valence-corrected chi connectivity index (χ0v) is 19.0. The summed E-state index contributed by atoms with van der Waals surface area (Å²) in [6.45, 7) is 3.35. The van der Waals surface area contributed by atoms with Gasteiger partial charge in [0.1, 0.15) is 11.6 Å². The van der Waals surface area contributed by atoms with E-state index >= 15 is 0 Å². The maximum atomic E-state index is 13.1. The van der Waals surface area contributed by atoms with Crippen LogP contribution in [0, 0.1) is 11.7 Å². The van der Waals surface area contributed by atoms with E-state index in [4.69, 9.17) is 4.98 Å². The van der Waals surface area contributed by atoms with Crippen molar-refractivity contribution in [3.8, 4) is 10.4 Å². The third-order valence-corrected chi connectivity index (χ3v) is 6.43. The van der Waals surface area contributed by atoms with E-state index in [2.05, 4.69) is 16.4 Å². The molecule has 3 aromatic rings. The summed E-state index contributed by atoms with van der Waals surface area (Å²) in [6.07, 6.45) is 5.90. The van der Waals surface area contributed by atoms with Crippen LogP contribution in [0.1, 0.15) is 31.9 Å². The summed E-state index contributed by atoms with van der Waals surface area (Å²) in [6, 6.07) is 12.4. The second-order valence-corrected chi connectivity index (χ2v) is 8.71. The first-order chi connectivity index (χ1) is 14.6. The van der Waals surface area contributed by atoms with Crippen molar-refractivity contribution in [2.75, 3.05) is 18.4 Å². The van der Waals surface area contributed by atoms with Crippen LogP contribution in [0.15, 0.2) is 48.7 Å². The van der Waals surface area contributed by atoms with Gasteiger partial charge in [0, 0.05) is 31.9 Å². The molecule has 2 aromatic heterocycles.